The lowest BCUT2D eigenvalue weighted by molar-refractivity contribution is 0.332. The zero-order valence-electron chi connectivity index (χ0n) is 75.4. The van der Waals surface area contributed by atoms with E-state index in [0.29, 0.717) is 58.6 Å². The summed E-state index contributed by atoms with van der Waals surface area (Å²) in [4.78, 5) is 52.5. The fourth-order valence-corrected chi connectivity index (χ4v) is 15.1. The number of nitrogens with two attached hydrogens (primary N) is 5. The number of H-pyrrole nitrogens is 1. The Balaban J connectivity index is 0.000000156. The second-order valence-corrected chi connectivity index (χ2v) is 33.9. The Hall–Kier alpha value is -15.0. The molecule has 0 amide bonds. The molecule has 15 aromatic rings. The molecule has 0 unspecified atom stereocenters. The Morgan fingerprint density at radius 1 is 0.364 bits per heavy atom. The normalized spacial score (nSPS) is 10.8. The van der Waals surface area contributed by atoms with Gasteiger partial charge in [0.05, 0.1) is 63.2 Å². The quantitative estimate of drug-likeness (QED) is 0.0235. The summed E-state index contributed by atoms with van der Waals surface area (Å²) in [6, 6.07) is 71.1. The Bertz CT molecular complexity index is 6530. The highest BCUT2D eigenvalue weighted by Gasteiger charge is 2.17. The minimum atomic E-state index is -3.16. The van der Waals surface area contributed by atoms with Crippen molar-refractivity contribution in [3.63, 3.8) is 0 Å². The molecule has 0 aliphatic rings. The summed E-state index contributed by atoms with van der Waals surface area (Å²) < 4.78 is 28.7. The van der Waals surface area contributed by atoms with Crippen LogP contribution in [0.1, 0.15) is 144 Å². The number of hydrogen-bond donors (Lipinski definition) is 7. The van der Waals surface area contributed by atoms with Gasteiger partial charge in [0.15, 0.2) is 15.7 Å². The third kappa shape index (κ3) is 28.0. The monoisotopic (exact) mass is 1740 g/mol. The van der Waals surface area contributed by atoms with Crippen molar-refractivity contribution < 1.29 is 13.2 Å². The molecule has 0 fully saturated rings. The first-order chi connectivity index (χ1) is 62.0. The maximum atomic E-state index is 11.5. The number of rotatable bonds is 27. The molecule has 0 aliphatic heterocycles. The van der Waals surface area contributed by atoms with Crippen LogP contribution in [0.15, 0.2) is 224 Å². The summed E-state index contributed by atoms with van der Waals surface area (Å²) in [7, 11) is -3.16. The average molecular weight is 1740 g/mol. The molecular weight excluding hydrogens is 1630 g/mol. The van der Waals surface area contributed by atoms with Crippen molar-refractivity contribution in [1.82, 2.24) is 70.0 Å². The third-order valence-corrected chi connectivity index (χ3v) is 23.5. The van der Waals surface area contributed by atoms with Crippen molar-refractivity contribution in [3.8, 4) is 74.2 Å². The van der Waals surface area contributed by atoms with Crippen molar-refractivity contribution in [2.24, 2.45) is 0 Å². The number of hydrogen-bond acceptors (Lipinski definition) is 24. The lowest BCUT2D eigenvalue weighted by atomic mass is 9.99. The average Bonchev–Trinajstić information content (AvgIpc) is 1.29. The van der Waals surface area contributed by atoms with Gasteiger partial charge in [0, 0.05) is 81.7 Å². The molecule has 0 atom stereocenters. The molecule has 0 radical (unpaired) electrons. The summed E-state index contributed by atoms with van der Waals surface area (Å²) in [6.07, 6.45) is 15.6. The zero-order chi connectivity index (χ0) is 92.1. The van der Waals surface area contributed by atoms with Crippen LogP contribution in [0.4, 0.5) is 35.6 Å². The SMILES string of the molecule is Cc1cccc(-c2cc(CCCc3ccc(C#N)cc3)nc(N)n2)c1C.Cc1cccc(-c2cc(CCCc3ccc(S(C)(=O)=O)cc3)nc(N)n2)c1C.Cc1cccc(-c2cc(CCCc3ccncc3)nc(N)n2)c1C.Cc1cccc(-c2cc(NCCOc3ccc(C#N)cc3)nc(N)n2)c1C.Cc1nc(CCCc2cc(-c3cccc(C)c3C)nc(N)n2)n[nH]1. The first-order valence-corrected chi connectivity index (χ1v) is 44.9. The maximum Gasteiger partial charge on any atom is 0.222 e. The number of nitrogens with one attached hydrogen (secondary N) is 2. The third-order valence-electron chi connectivity index (χ3n) is 22.3. The van der Waals surface area contributed by atoms with E-state index in [-0.39, 0.29) is 11.9 Å². The molecule has 0 bridgehead atoms. The summed E-state index contributed by atoms with van der Waals surface area (Å²) in [5.41, 5.74) is 60.3. The van der Waals surface area contributed by atoms with Crippen molar-refractivity contribution in [2.75, 3.05) is 53.4 Å². The molecular formula is C103H112N22O3S. The van der Waals surface area contributed by atoms with Gasteiger partial charge in [-0.05, 0) is 304 Å². The molecule has 26 heteroatoms. The van der Waals surface area contributed by atoms with Gasteiger partial charge in [-0.3, -0.25) is 10.1 Å². The van der Waals surface area contributed by atoms with Crippen LogP contribution in [0.3, 0.4) is 0 Å². The molecule has 0 saturated carbocycles. The van der Waals surface area contributed by atoms with E-state index in [0.717, 1.165) is 173 Å². The summed E-state index contributed by atoms with van der Waals surface area (Å²) in [5, 5.41) is 27.9. The van der Waals surface area contributed by atoms with Gasteiger partial charge in [-0.2, -0.15) is 20.6 Å². The van der Waals surface area contributed by atoms with E-state index in [1.807, 2.05) is 110 Å². The second kappa shape index (κ2) is 45.7. The van der Waals surface area contributed by atoms with E-state index in [1.54, 1.807) is 36.4 Å². The van der Waals surface area contributed by atoms with Crippen LogP contribution in [0.2, 0.25) is 0 Å². The highest BCUT2D eigenvalue weighted by molar-refractivity contribution is 7.90. The Kier molecular flexibility index (Phi) is 33.6. The van der Waals surface area contributed by atoms with E-state index in [1.165, 1.54) is 73.0 Å². The number of aryl methyl sites for hydroxylation is 14. The molecule has 0 aliphatic carbocycles. The van der Waals surface area contributed by atoms with Crippen LogP contribution in [-0.4, -0.2) is 97.8 Å². The Morgan fingerprint density at radius 2 is 0.682 bits per heavy atom. The summed E-state index contributed by atoms with van der Waals surface area (Å²) >= 11 is 0. The molecule has 0 spiro atoms. The molecule has 25 nitrogen and oxygen atoms in total. The van der Waals surface area contributed by atoms with Crippen molar-refractivity contribution in [2.45, 2.75) is 158 Å². The largest absolute Gasteiger partial charge is 0.492 e. The number of aromatic nitrogens is 14. The van der Waals surface area contributed by atoms with Crippen LogP contribution in [0.5, 0.6) is 5.75 Å². The number of ether oxygens (including phenoxy) is 1. The molecule has 129 heavy (non-hydrogen) atoms. The first kappa shape index (κ1) is 94.7. The lowest BCUT2D eigenvalue weighted by Crippen LogP contribution is -2.13. The van der Waals surface area contributed by atoms with Crippen LogP contribution >= 0.6 is 0 Å². The van der Waals surface area contributed by atoms with Crippen LogP contribution < -0.4 is 38.7 Å². The number of nitrogens with zero attached hydrogens (tertiary/aromatic N) is 15. The van der Waals surface area contributed by atoms with E-state index in [4.69, 9.17) is 43.9 Å². The topological polar surface area (TPSA) is 416 Å². The summed E-state index contributed by atoms with van der Waals surface area (Å²) in [5.74, 6) is 4.53. The molecule has 658 valence electrons. The number of sulfone groups is 1. The number of nitriles is 2. The van der Waals surface area contributed by atoms with Gasteiger partial charge in [0.2, 0.25) is 29.7 Å². The van der Waals surface area contributed by atoms with Crippen molar-refractivity contribution >= 4 is 45.4 Å². The fraction of sp³-hybridized carbons (Fsp3) is 0.252. The highest BCUT2D eigenvalue weighted by Crippen LogP contribution is 2.32. The molecule has 7 aromatic heterocycles. The molecule has 0 saturated heterocycles. The lowest BCUT2D eigenvalue weighted by Gasteiger charge is -2.12. The molecule has 15 rings (SSSR count). The fourth-order valence-electron chi connectivity index (χ4n) is 14.5. The summed E-state index contributed by atoms with van der Waals surface area (Å²) in [6.45, 7) is 23.9. The molecule has 12 N–H and O–H groups in total. The van der Waals surface area contributed by atoms with Gasteiger partial charge in [0.1, 0.15) is 24.0 Å². The standard InChI is InChI=1S/C22H22N4.C22H25N3O2S.C21H21N5O.C20H22N4.C18H22N6/c1-15-5-3-8-20(16(15)2)21-13-19(25-22(24)26-21)7-4-6-17-9-11-18(14-23)12-10-17;1-15-6-4-9-20(16(15)2)21-14-18(24-22(23)25-21)8-5-7-17-10-12-19(13-11-17)28(3,26)27;1-14-4-3-5-18(15(14)2)19-12-20(26-21(23)25-19)24-10-11-27-17-8-6-16(13-22)7-9-17;1-14-5-3-8-18(15(14)2)19-13-17(23-20(21)24-19)7-4-6-16-9-11-22-12-10-16;1-11-6-4-8-15(12(11)2)16-10-14(21-18(19)22-16)7-5-9-17-20-13(3)23-24-17/h3,5,8-13H,4,6-7H2,1-2H3,(H2,24,25,26);4,6,9-14H,5,7-8H2,1-3H3,(H2,23,24,25);3-9,12H,10-11H2,1-2H3,(H3,23,24,25,26);3,5,8-13H,4,6-7H2,1-2H3,(H2,21,23,24);4,6,8,10H,5,7,9H2,1-3H3,(H2,19,21,22)(H,20,23,24). The smallest absolute Gasteiger partial charge is 0.222 e. The van der Waals surface area contributed by atoms with Crippen LogP contribution in [0.25, 0.3) is 56.3 Å². The van der Waals surface area contributed by atoms with Crippen LogP contribution in [-0.2, 0) is 61.2 Å². The van der Waals surface area contributed by atoms with E-state index in [9.17, 15) is 8.42 Å². The predicted octanol–water partition coefficient (Wildman–Crippen LogP) is 18.9. The number of pyridine rings is 1. The second-order valence-electron chi connectivity index (χ2n) is 31.9. The minimum absolute atomic E-state index is 0.226. The highest BCUT2D eigenvalue weighted by atomic mass is 32.2. The van der Waals surface area contributed by atoms with E-state index >= 15 is 0 Å². The number of aromatic amines is 1. The van der Waals surface area contributed by atoms with Gasteiger partial charge >= 0.3 is 0 Å². The van der Waals surface area contributed by atoms with E-state index in [2.05, 4.69) is 236 Å². The van der Waals surface area contributed by atoms with Gasteiger partial charge in [0.25, 0.3) is 0 Å². The number of nitrogen functional groups attached to an aromatic ring is 5. The Labute approximate surface area is 756 Å². The molecule has 8 aromatic carbocycles. The Morgan fingerprint density at radius 3 is 1.02 bits per heavy atom. The first-order valence-electron chi connectivity index (χ1n) is 43.0. The van der Waals surface area contributed by atoms with E-state index < -0.39 is 9.84 Å². The van der Waals surface area contributed by atoms with Crippen LogP contribution in [0, 0.1) is 98.8 Å². The zero-order valence-corrected chi connectivity index (χ0v) is 76.2. The maximum absolute atomic E-state index is 11.5. The number of anilines is 6. The van der Waals surface area contributed by atoms with Gasteiger partial charge in [-0.25, -0.2) is 58.3 Å². The van der Waals surface area contributed by atoms with Crippen molar-refractivity contribution in [3.05, 3.63) is 337 Å². The van der Waals surface area contributed by atoms with Gasteiger partial charge in [-0.1, -0.05) is 115 Å². The van der Waals surface area contributed by atoms with Gasteiger partial charge in [-0.15, -0.1) is 0 Å². The van der Waals surface area contributed by atoms with Gasteiger partial charge < -0.3 is 38.7 Å². The predicted molar refractivity (Wildman–Crippen MR) is 516 cm³/mol. The van der Waals surface area contributed by atoms with Crippen molar-refractivity contribution in [1.29, 1.82) is 10.5 Å². The minimum Gasteiger partial charge on any atom is -0.492 e. The molecule has 7 heterocycles. The number of benzene rings is 8.